The number of nitrogens with one attached hydrogen (secondary N) is 1. The predicted octanol–water partition coefficient (Wildman–Crippen LogP) is 1.52. The molecule has 2 fully saturated rings. The average Bonchev–Trinajstić information content (AvgIpc) is 3.33. The molecule has 1 aliphatic heterocycles. The van der Waals surface area contributed by atoms with Crippen molar-refractivity contribution < 1.29 is 9.90 Å². The van der Waals surface area contributed by atoms with Crippen LogP contribution in [0.25, 0.3) is 5.82 Å². The summed E-state index contributed by atoms with van der Waals surface area (Å²) in [5.41, 5.74) is 0.926. The number of amides is 2. The van der Waals surface area contributed by atoms with Crippen molar-refractivity contribution in [3.05, 3.63) is 36.3 Å². The smallest absolute Gasteiger partial charge is 0.322 e. The number of hydrogen-bond acceptors (Lipinski definition) is 5. The Hall–Kier alpha value is -2.92. The Labute approximate surface area is 144 Å². The van der Waals surface area contributed by atoms with E-state index in [2.05, 4.69) is 21.5 Å². The molecule has 2 aromatic heterocycles. The van der Waals surface area contributed by atoms with Gasteiger partial charge in [0.15, 0.2) is 5.82 Å². The number of pyridine rings is 1. The zero-order chi connectivity index (χ0) is 17.4. The third-order valence-corrected chi connectivity index (χ3v) is 5.03. The van der Waals surface area contributed by atoms with E-state index < -0.39 is 6.10 Å². The van der Waals surface area contributed by atoms with Crippen molar-refractivity contribution in [3.8, 4) is 11.9 Å². The average molecular weight is 338 g/mol. The van der Waals surface area contributed by atoms with E-state index >= 15 is 0 Å². The maximum atomic E-state index is 12.6. The van der Waals surface area contributed by atoms with Crippen LogP contribution in [0.2, 0.25) is 0 Å². The number of rotatable bonds is 2. The van der Waals surface area contributed by atoms with Gasteiger partial charge >= 0.3 is 6.03 Å². The predicted molar refractivity (Wildman–Crippen MR) is 88.9 cm³/mol. The van der Waals surface area contributed by atoms with Crippen LogP contribution in [0.4, 0.5) is 10.5 Å². The second-order valence-electron chi connectivity index (χ2n) is 6.47. The van der Waals surface area contributed by atoms with E-state index in [0.717, 1.165) is 19.3 Å². The van der Waals surface area contributed by atoms with Gasteiger partial charge in [-0.25, -0.2) is 14.5 Å². The molecule has 0 aromatic carbocycles. The molecule has 2 aromatic rings. The molecule has 2 aliphatic rings. The molecule has 3 heterocycles. The molecule has 4 rings (SSSR count). The first-order chi connectivity index (χ1) is 12.2. The Balaban J connectivity index is 1.50. The first-order valence-electron chi connectivity index (χ1n) is 8.33. The van der Waals surface area contributed by atoms with Crippen LogP contribution in [-0.4, -0.2) is 49.5 Å². The highest BCUT2D eigenvalue weighted by molar-refractivity contribution is 5.89. The zero-order valence-electron chi connectivity index (χ0n) is 13.5. The minimum absolute atomic E-state index is 0.0870. The van der Waals surface area contributed by atoms with Gasteiger partial charge in [0, 0.05) is 12.7 Å². The lowest BCUT2D eigenvalue weighted by atomic mass is 10.0. The van der Waals surface area contributed by atoms with Crippen molar-refractivity contribution in [2.24, 2.45) is 5.92 Å². The van der Waals surface area contributed by atoms with E-state index in [-0.39, 0.29) is 12.1 Å². The number of nitriles is 1. The van der Waals surface area contributed by atoms with Gasteiger partial charge < -0.3 is 15.3 Å². The van der Waals surface area contributed by atoms with Crippen molar-refractivity contribution in [2.45, 2.75) is 31.4 Å². The first kappa shape index (κ1) is 15.6. The van der Waals surface area contributed by atoms with Gasteiger partial charge in [0.05, 0.1) is 35.8 Å². The van der Waals surface area contributed by atoms with Crippen LogP contribution in [0.3, 0.4) is 0 Å². The Kier molecular flexibility index (Phi) is 3.86. The summed E-state index contributed by atoms with van der Waals surface area (Å²) < 4.78 is 1.46. The fraction of sp³-hybridized carbons (Fsp3) is 0.412. The topological polar surface area (TPSA) is 107 Å². The zero-order valence-corrected chi connectivity index (χ0v) is 13.5. The minimum atomic E-state index is -0.437. The van der Waals surface area contributed by atoms with Gasteiger partial charge in [0.2, 0.25) is 0 Å². The summed E-state index contributed by atoms with van der Waals surface area (Å²) >= 11 is 0. The Bertz CT molecular complexity index is 842. The third kappa shape index (κ3) is 2.72. The molecule has 0 bridgehead atoms. The number of carbonyl (C=O) groups is 1. The van der Waals surface area contributed by atoms with Crippen molar-refractivity contribution >= 4 is 11.7 Å². The lowest BCUT2D eigenvalue weighted by Crippen LogP contribution is -2.44. The molecule has 128 valence electrons. The van der Waals surface area contributed by atoms with Crippen LogP contribution in [0, 0.1) is 17.2 Å². The monoisotopic (exact) mass is 338 g/mol. The van der Waals surface area contributed by atoms with Crippen molar-refractivity contribution in [1.82, 2.24) is 19.7 Å². The van der Waals surface area contributed by atoms with E-state index in [1.165, 1.54) is 10.9 Å². The minimum Gasteiger partial charge on any atom is -0.391 e. The molecule has 8 heteroatoms. The molecule has 0 spiro atoms. The molecule has 0 radical (unpaired) electrons. The number of likely N-dealkylation sites (tertiary alicyclic amines) is 1. The van der Waals surface area contributed by atoms with Crippen LogP contribution in [-0.2, 0) is 0 Å². The van der Waals surface area contributed by atoms with Crippen LogP contribution in [0.5, 0.6) is 0 Å². The SMILES string of the molecule is N#Cc1cccnc1-n1cc(NC(=O)N2CC[C@@H]3CC[C@@H](O)[C@@H]32)cn1. The summed E-state index contributed by atoms with van der Waals surface area (Å²) in [6.07, 6.45) is 6.97. The highest BCUT2D eigenvalue weighted by atomic mass is 16.3. The van der Waals surface area contributed by atoms with Gasteiger partial charge in [-0.15, -0.1) is 0 Å². The number of aromatic nitrogens is 3. The number of aliphatic hydroxyl groups excluding tert-OH is 1. The molecule has 1 aliphatic carbocycles. The summed E-state index contributed by atoms with van der Waals surface area (Å²) in [6.45, 7) is 0.658. The maximum Gasteiger partial charge on any atom is 0.322 e. The van der Waals surface area contributed by atoms with Gasteiger partial charge in [-0.1, -0.05) is 0 Å². The van der Waals surface area contributed by atoms with Crippen LogP contribution in [0.1, 0.15) is 24.8 Å². The first-order valence-corrected chi connectivity index (χ1v) is 8.33. The molecule has 8 nitrogen and oxygen atoms in total. The summed E-state index contributed by atoms with van der Waals surface area (Å²) in [5, 5.41) is 26.3. The molecule has 2 N–H and O–H groups in total. The maximum absolute atomic E-state index is 12.6. The third-order valence-electron chi connectivity index (χ3n) is 5.03. The standard InChI is InChI=1S/C17H18N6O2/c18-8-12-2-1-6-19-16(12)23-10-13(9-20-23)21-17(25)22-7-5-11-3-4-14(24)15(11)22/h1-2,6,9-11,14-15,24H,3-5,7H2,(H,21,25)/t11-,14+,15+/m0/s1. The lowest BCUT2D eigenvalue weighted by molar-refractivity contribution is 0.101. The number of nitrogens with zero attached hydrogens (tertiary/aromatic N) is 5. The number of aliphatic hydroxyl groups is 1. The number of carbonyl (C=O) groups excluding carboxylic acids is 1. The van der Waals surface area contributed by atoms with Gasteiger partial charge in [-0.3, -0.25) is 0 Å². The van der Waals surface area contributed by atoms with Crippen molar-refractivity contribution in [3.63, 3.8) is 0 Å². The fourth-order valence-electron chi connectivity index (χ4n) is 3.87. The molecule has 1 saturated heterocycles. The van der Waals surface area contributed by atoms with Gasteiger partial charge in [0.1, 0.15) is 6.07 Å². The van der Waals surface area contributed by atoms with Gasteiger partial charge in [0.25, 0.3) is 0 Å². The Morgan fingerprint density at radius 1 is 1.40 bits per heavy atom. The summed E-state index contributed by atoms with van der Waals surface area (Å²) in [5.74, 6) is 0.813. The van der Waals surface area contributed by atoms with E-state index in [4.69, 9.17) is 5.26 Å². The summed E-state index contributed by atoms with van der Waals surface area (Å²) in [4.78, 5) is 18.5. The van der Waals surface area contributed by atoms with E-state index in [1.54, 1.807) is 29.4 Å². The van der Waals surface area contributed by atoms with Crippen LogP contribution in [0.15, 0.2) is 30.7 Å². The summed E-state index contributed by atoms with van der Waals surface area (Å²) in [7, 11) is 0. The molecule has 0 unspecified atom stereocenters. The highest BCUT2D eigenvalue weighted by Crippen LogP contribution is 2.38. The molecule has 3 atom stereocenters. The normalized spacial score (nSPS) is 24.8. The van der Waals surface area contributed by atoms with E-state index in [1.807, 2.05) is 0 Å². The Morgan fingerprint density at radius 3 is 3.12 bits per heavy atom. The van der Waals surface area contributed by atoms with E-state index in [9.17, 15) is 9.90 Å². The number of urea groups is 1. The van der Waals surface area contributed by atoms with Crippen molar-refractivity contribution in [1.29, 1.82) is 5.26 Å². The quantitative estimate of drug-likeness (QED) is 0.863. The lowest BCUT2D eigenvalue weighted by Gasteiger charge is -2.26. The Morgan fingerprint density at radius 2 is 2.28 bits per heavy atom. The van der Waals surface area contributed by atoms with E-state index in [0.29, 0.717) is 29.5 Å². The van der Waals surface area contributed by atoms with Gasteiger partial charge in [-0.2, -0.15) is 10.4 Å². The fourth-order valence-corrected chi connectivity index (χ4v) is 3.87. The van der Waals surface area contributed by atoms with Crippen LogP contribution < -0.4 is 5.32 Å². The van der Waals surface area contributed by atoms with Crippen molar-refractivity contribution in [2.75, 3.05) is 11.9 Å². The number of anilines is 1. The second kappa shape index (κ2) is 6.18. The largest absolute Gasteiger partial charge is 0.391 e. The number of fused-ring (bicyclic) bond motifs is 1. The molecule has 2 amide bonds. The number of hydrogen-bond donors (Lipinski definition) is 2. The molecule has 1 saturated carbocycles. The molecular formula is C17H18N6O2. The second-order valence-corrected chi connectivity index (χ2v) is 6.47. The highest BCUT2D eigenvalue weighted by Gasteiger charge is 2.45. The van der Waals surface area contributed by atoms with Crippen LogP contribution >= 0.6 is 0 Å². The summed E-state index contributed by atoms with van der Waals surface area (Å²) in [6, 6.07) is 5.10. The molecular weight excluding hydrogens is 320 g/mol. The molecule has 25 heavy (non-hydrogen) atoms. The van der Waals surface area contributed by atoms with Gasteiger partial charge in [-0.05, 0) is 37.3 Å².